The van der Waals surface area contributed by atoms with Gasteiger partial charge in [-0.1, -0.05) is 27.7 Å². The standard InChI is InChI=1S/C8H16O2S.C8H16O/c1-6-4-8(5-7(6)2)11(3,9)10;1-6-4-8(9-3)5-7(6)2/h6-8H,4-5H2,1-3H3;6-8H,4-5H2,1-3H3. The number of ether oxygens (including phenoxy) is 1. The van der Waals surface area contributed by atoms with Crippen LogP contribution in [0.2, 0.25) is 0 Å². The lowest BCUT2D eigenvalue weighted by molar-refractivity contribution is 0.104. The van der Waals surface area contributed by atoms with Crippen molar-refractivity contribution in [2.24, 2.45) is 23.7 Å². The zero-order chi connectivity index (χ0) is 15.5. The van der Waals surface area contributed by atoms with Gasteiger partial charge in [0, 0.05) is 13.4 Å². The van der Waals surface area contributed by atoms with Crippen molar-refractivity contribution in [3.8, 4) is 0 Å². The summed E-state index contributed by atoms with van der Waals surface area (Å²) in [4.78, 5) is 0. The van der Waals surface area contributed by atoms with Crippen LogP contribution in [0, 0.1) is 23.7 Å². The van der Waals surface area contributed by atoms with Crippen LogP contribution in [-0.2, 0) is 14.6 Å². The van der Waals surface area contributed by atoms with E-state index in [1.165, 1.54) is 19.1 Å². The van der Waals surface area contributed by atoms with Gasteiger partial charge in [-0.2, -0.15) is 0 Å². The summed E-state index contributed by atoms with van der Waals surface area (Å²) in [5, 5.41) is -0.0625. The van der Waals surface area contributed by atoms with E-state index in [9.17, 15) is 8.42 Å². The zero-order valence-corrected chi connectivity index (χ0v) is 14.7. The number of sulfone groups is 1. The van der Waals surface area contributed by atoms with E-state index in [2.05, 4.69) is 27.7 Å². The molecule has 0 aromatic carbocycles. The molecular formula is C16H32O3S. The van der Waals surface area contributed by atoms with Gasteiger partial charge in [-0.3, -0.25) is 0 Å². The summed E-state index contributed by atoms with van der Waals surface area (Å²) >= 11 is 0. The predicted molar refractivity (Wildman–Crippen MR) is 84.6 cm³/mol. The SMILES string of the molecule is CC1CC(S(C)(=O)=O)CC1C.COC1CC(C)C(C)C1. The maximum atomic E-state index is 11.1. The van der Waals surface area contributed by atoms with Crippen LogP contribution in [0.25, 0.3) is 0 Å². The Balaban J connectivity index is 0.000000204. The van der Waals surface area contributed by atoms with Gasteiger partial charge in [0.15, 0.2) is 0 Å². The Morgan fingerprint density at radius 2 is 1.15 bits per heavy atom. The summed E-state index contributed by atoms with van der Waals surface area (Å²) in [6, 6.07) is 0. The van der Waals surface area contributed by atoms with E-state index in [1.54, 1.807) is 0 Å². The highest BCUT2D eigenvalue weighted by atomic mass is 32.2. The minimum atomic E-state index is -2.77. The van der Waals surface area contributed by atoms with E-state index in [-0.39, 0.29) is 5.25 Å². The summed E-state index contributed by atoms with van der Waals surface area (Å²) in [6.07, 6.45) is 6.15. The van der Waals surface area contributed by atoms with Gasteiger partial charge in [-0.25, -0.2) is 8.42 Å². The average molecular weight is 304 g/mol. The van der Waals surface area contributed by atoms with E-state index in [4.69, 9.17) is 4.74 Å². The second-order valence-corrected chi connectivity index (χ2v) is 9.49. The topological polar surface area (TPSA) is 43.4 Å². The molecule has 2 saturated carbocycles. The average Bonchev–Trinajstić information content (AvgIpc) is 2.84. The molecule has 0 amide bonds. The van der Waals surface area contributed by atoms with Crippen LogP contribution < -0.4 is 0 Å². The van der Waals surface area contributed by atoms with Gasteiger partial charge in [0.1, 0.15) is 9.84 Å². The molecule has 0 aliphatic heterocycles. The molecule has 0 N–H and O–H groups in total. The molecule has 0 spiro atoms. The third-order valence-electron chi connectivity index (χ3n) is 5.42. The van der Waals surface area contributed by atoms with Crippen molar-refractivity contribution in [3.05, 3.63) is 0 Å². The van der Waals surface area contributed by atoms with Gasteiger partial charge in [0.05, 0.1) is 11.4 Å². The summed E-state index contributed by atoms with van der Waals surface area (Å²) in [6.45, 7) is 8.89. The molecule has 2 rings (SSSR count). The Hall–Kier alpha value is -0.0900. The van der Waals surface area contributed by atoms with Crippen LogP contribution in [0.4, 0.5) is 0 Å². The van der Waals surface area contributed by atoms with Crippen LogP contribution in [0.15, 0.2) is 0 Å². The van der Waals surface area contributed by atoms with Crippen LogP contribution in [0.5, 0.6) is 0 Å². The summed E-state index contributed by atoms with van der Waals surface area (Å²) in [5.74, 6) is 2.90. The van der Waals surface area contributed by atoms with Crippen molar-refractivity contribution in [1.29, 1.82) is 0 Å². The van der Waals surface area contributed by atoms with E-state index in [0.717, 1.165) is 24.7 Å². The molecule has 0 heterocycles. The van der Waals surface area contributed by atoms with Crippen molar-refractivity contribution in [3.63, 3.8) is 0 Å². The van der Waals surface area contributed by atoms with Crippen LogP contribution in [-0.4, -0.2) is 33.1 Å². The van der Waals surface area contributed by atoms with Crippen molar-refractivity contribution in [2.45, 2.75) is 64.7 Å². The number of hydrogen-bond acceptors (Lipinski definition) is 3. The fraction of sp³-hybridized carbons (Fsp3) is 1.00. The lowest BCUT2D eigenvalue weighted by atomic mass is 10.0. The Morgan fingerprint density at radius 3 is 1.35 bits per heavy atom. The fourth-order valence-electron chi connectivity index (χ4n) is 3.32. The second-order valence-electron chi connectivity index (χ2n) is 7.16. The van der Waals surface area contributed by atoms with E-state index in [0.29, 0.717) is 17.9 Å². The third kappa shape index (κ3) is 5.03. The Labute approximate surface area is 125 Å². The van der Waals surface area contributed by atoms with Crippen LogP contribution >= 0.6 is 0 Å². The molecule has 2 fully saturated rings. The predicted octanol–water partition coefficient (Wildman–Crippen LogP) is 3.53. The maximum absolute atomic E-state index is 11.1. The quantitative estimate of drug-likeness (QED) is 0.784. The van der Waals surface area contributed by atoms with Gasteiger partial charge in [0.2, 0.25) is 0 Å². The van der Waals surface area contributed by atoms with Crippen molar-refractivity contribution >= 4 is 9.84 Å². The van der Waals surface area contributed by atoms with Crippen LogP contribution in [0.3, 0.4) is 0 Å². The summed E-state index contributed by atoms with van der Waals surface area (Å²) in [7, 11) is -0.953. The first-order valence-corrected chi connectivity index (χ1v) is 9.82. The Morgan fingerprint density at radius 1 is 0.800 bits per heavy atom. The van der Waals surface area contributed by atoms with Crippen molar-refractivity contribution in [1.82, 2.24) is 0 Å². The van der Waals surface area contributed by atoms with Crippen LogP contribution in [0.1, 0.15) is 53.4 Å². The zero-order valence-electron chi connectivity index (χ0n) is 13.9. The Kier molecular flexibility index (Phi) is 6.52. The lowest BCUT2D eigenvalue weighted by Gasteiger charge is -2.04. The highest BCUT2D eigenvalue weighted by Gasteiger charge is 2.34. The summed E-state index contributed by atoms with van der Waals surface area (Å²) < 4.78 is 27.5. The third-order valence-corrected chi connectivity index (χ3v) is 7.02. The minimum absolute atomic E-state index is 0.0625. The van der Waals surface area contributed by atoms with Gasteiger partial charge < -0.3 is 4.74 Å². The smallest absolute Gasteiger partial charge is 0.150 e. The molecule has 20 heavy (non-hydrogen) atoms. The first-order valence-electron chi connectivity index (χ1n) is 7.86. The second kappa shape index (κ2) is 7.26. The van der Waals surface area contributed by atoms with E-state index in [1.807, 2.05) is 7.11 Å². The lowest BCUT2D eigenvalue weighted by Crippen LogP contribution is -2.15. The number of methoxy groups -OCH3 is 1. The molecular weight excluding hydrogens is 272 g/mol. The highest BCUT2D eigenvalue weighted by molar-refractivity contribution is 7.91. The van der Waals surface area contributed by atoms with Gasteiger partial charge in [-0.05, 0) is 49.4 Å². The van der Waals surface area contributed by atoms with Crippen molar-refractivity contribution in [2.75, 3.05) is 13.4 Å². The van der Waals surface area contributed by atoms with Gasteiger partial charge in [-0.15, -0.1) is 0 Å². The molecule has 4 heteroatoms. The molecule has 3 nitrogen and oxygen atoms in total. The fourth-order valence-corrected chi connectivity index (χ4v) is 4.63. The molecule has 120 valence electrons. The highest BCUT2D eigenvalue weighted by Crippen LogP contribution is 2.34. The van der Waals surface area contributed by atoms with Gasteiger partial charge >= 0.3 is 0 Å². The molecule has 2 aliphatic carbocycles. The van der Waals surface area contributed by atoms with Crippen molar-refractivity contribution < 1.29 is 13.2 Å². The van der Waals surface area contributed by atoms with E-state index >= 15 is 0 Å². The normalized spacial score (nSPS) is 41.3. The maximum Gasteiger partial charge on any atom is 0.150 e. The monoisotopic (exact) mass is 304 g/mol. The molecule has 0 aromatic rings. The first-order chi connectivity index (χ1) is 9.15. The summed E-state index contributed by atoms with van der Waals surface area (Å²) in [5.41, 5.74) is 0. The molecule has 0 radical (unpaired) electrons. The van der Waals surface area contributed by atoms with Gasteiger partial charge in [0.25, 0.3) is 0 Å². The molecule has 0 aromatic heterocycles. The largest absolute Gasteiger partial charge is 0.381 e. The molecule has 0 saturated heterocycles. The number of rotatable bonds is 2. The molecule has 4 atom stereocenters. The Bertz CT molecular complexity index is 371. The number of hydrogen-bond donors (Lipinski definition) is 0. The molecule has 0 bridgehead atoms. The van der Waals surface area contributed by atoms with E-state index < -0.39 is 9.84 Å². The molecule has 4 unspecified atom stereocenters. The minimum Gasteiger partial charge on any atom is -0.381 e. The first kappa shape index (κ1) is 18.0. The molecule has 2 aliphatic rings.